The van der Waals surface area contributed by atoms with E-state index in [2.05, 4.69) is 0 Å². The van der Waals surface area contributed by atoms with Crippen LogP contribution in [0, 0.1) is 17.5 Å². The summed E-state index contributed by atoms with van der Waals surface area (Å²) in [4.78, 5) is 0. The van der Waals surface area contributed by atoms with E-state index in [0.717, 1.165) is 0 Å². The first kappa shape index (κ1) is 15.2. The molecule has 0 atom stereocenters. The molecule has 0 radical (unpaired) electrons. The predicted molar refractivity (Wildman–Crippen MR) is 60.9 cm³/mol. The Morgan fingerprint density at radius 1 is 1.00 bits per heavy atom. The minimum absolute atomic E-state index is 0.114. The molecule has 0 amide bonds. The molecule has 0 fully saturated rings. The van der Waals surface area contributed by atoms with Gasteiger partial charge in [0.1, 0.15) is 5.82 Å². The van der Waals surface area contributed by atoms with E-state index in [4.69, 9.17) is 9.05 Å². The highest BCUT2D eigenvalue weighted by Crippen LogP contribution is 2.51. The third-order valence-electron chi connectivity index (χ3n) is 2.10. The lowest BCUT2D eigenvalue weighted by atomic mass is 10.2. The summed E-state index contributed by atoms with van der Waals surface area (Å²) in [5.74, 6) is -3.47. The average molecular weight is 282 g/mol. The highest BCUT2D eigenvalue weighted by atomic mass is 31.2. The van der Waals surface area contributed by atoms with Gasteiger partial charge in [-0.15, -0.1) is 0 Å². The van der Waals surface area contributed by atoms with E-state index in [9.17, 15) is 17.7 Å². The Hall–Kier alpha value is -0.840. The van der Waals surface area contributed by atoms with E-state index in [-0.39, 0.29) is 18.8 Å². The van der Waals surface area contributed by atoms with Gasteiger partial charge in [-0.3, -0.25) is 4.57 Å². The maximum atomic E-state index is 13.4. The van der Waals surface area contributed by atoms with E-state index in [1.165, 1.54) is 0 Å². The van der Waals surface area contributed by atoms with Crippen molar-refractivity contribution < 1.29 is 26.8 Å². The second-order valence-corrected chi connectivity index (χ2v) is 5.52. The Balaban J connectivity index is 3.01. The summed E-state index contributed by atoms with van der Waals surface area (Å²) in [6.45, 7) is 3.44. The van der Waals surface area contributed by atoms with Crippen molar-refractivity contribution in [2.45, 2.75) is 20.0 Å². The predicted octanol–water partition coefficient (Wildman–Crippen LogP) is 3.87. The van der Waals surface area contributed by atoms with Crippen molar-refractivity contribution in [1.29, 1.82) is 0 Å². The van der Waals surface area contributed by atoms with Crippen LogP contribution >= 0.6 is 7.60 Å². The van der Waals surface area contributed by atoms with Crippen LogP contribution in [0.3, 0.4) is 0 Å². The highest BCUT2D eigenvalue weighted by Gasteiger charge is 2.26. The second-order valence-electron chi connectivity index (χ2n) is 3.46. The standard InChI is InChI=1S/C11H14F3O3P/c1-3-16-18(15,17-4-2)7-8-5-10(13)11(14)6-9(8)12/h5-6H,3-4,7H2,1-2H3. The zero-order valence-electron chi connectivity index (χ0n) is 10.1. The summed E-state index contributed by atoms with van der Waals surface area (Å²) in [5.41, 5.74) is -0.237. The summed E-state index contributed by atoms with van der Waals surface area (Å²) >= 11 is 0. The summed E-state index contributed by atoms with van der Waals surface area (Å²) < 4.78 is 61.1. The van der Waals surface area contributed by atoms with Crippen LogP contribution in [-0.4, -0.2) is 13.2 Å². The van der Waals surface area contributed by atoms with Crippen molar-refractivity contribution >= 4 is 7.60 Å². The van der Waals surface area contributed by atoms with Crippen LogP contribution in [0.4, 0.5) is 13.2 Å². The maximum Gasteiger partial charge on any atom is 0.335 e. The zero-order valence-corrected chi connectivity index (χ0v) is 11.0. The van der Waals surface area contributed by atoms with Crippen molar-refractivity contribution in [3.8, 4) is 0 Å². The molecule has 0 N–H and O–H groups in total. The van der Waals surface area contributed by atoms with Gasteiger partial charge in [-0.2, -0.15) is 0 Å². The normalized spacial score (nSPS) is 11.8. The first-order chi connectivity index (χ1) is 8.41. The first-order valence-electron chi connectivity index (χ1n) is 5.43. The largest absolute Gasteiger partial charge is 0.335 e. The third kappa shape index (κ3) is 3.83. The van der Waals surface area contributed by atoms with Gasteiger partial charge in [-0.25, -0.2) is 13.2 Å². The number of rotatable bonds is 6. The second kappa shape index (κ2) is 6.36. The quantitative estimate of drug-likeness (QED) is 0.587. The number of benzene rings is 1. The van der Waals surface area contributed by atoms with Crippen LogP contribution in [-0.2, 0) is 19.8 Å². The molecule has 3 nitrogen and oxygen atoms in total. The molecule has 1 aromatic rings. The number of hydrogen-bond donors (Lipinski definition) is 0. The van der Waals surface area contributed by atoms with Crippen molar-refractivity contribution in [3.05, 3.63) is 35.1 Å². The Morgan fingerprint density at radius 3 is 2.00 bits per heavy atom. The van der Waals surface area contributed by atoms with Gasteiger partial charge in [-0.1, -0.05) is 0 Å². The molecule has 1 rings (SSSR count). The zero-order chi connectivity index (χ0) is 13.8. The molecule has 0 bridgehead atoms. The van der Waals surface area contributed by atoms with E-state index < -0.39 is 31.2 Å². The molecule has 0 saturated carbocycles. The van der Waals surface area contributed by atoms with Crippen molar-refractivity contribution in [1.82, 2.24) is 0 Å². The van der Waals surface area contributed by atoms with Crippen molar-refractivity contribution in [3.63, 3.8) is 0 Å². The minimum atomic E-state index is -3.53. The lowest BCUT2D eigenvalue weighted by molar-refractivity contribution is 0.219. The van der Waals surface area contributed by atoms with Crippen LogP contribution in [0.2, 0.25) is 0 Å². The molecule has 0 aromatic heterocycles. The monoisotopic (exact) mass is 282 g/mol. The lowest BCUT2D eigenvalue weighted by Gasteiger charge is -2.17. The summed E-state index contributed by atoms with van der Waals surface area (Å²) in [6.07, 6.45) is -0.433. The molecule has 7 heteroatoms. The van der Waals surface area contributed by atoms with Gasteiger partial charge in [0, 0.05) is 11.6 Å². The van der Waals surface area contributed by atoms with E-state index in [1.54, 1.807) is 13.8 Å². The molecule has 0 aliphatic carbocycles. The van der Waals surface area contributed by atoms with Gasteiger partial charge >= 0.3 is 7.60 Å². The molecule has 18 heavy (non-hydrogen) atoms. The molecule has 0 unspecified atom stereocenters. The van der Waals surface area contributed by atoms with Gasteiger partial charge in [0.25, 0.3) is 0 Å². The Bertz CT molecular complexity index is 455. The molecule has 1 aromatic carbocycles. The van der Waals surface area contributed by atoms with Gasteiger partial charge in [0.2, 0.25) is 0 Å². The first-order valence-corrected chi connectivity index (χ1v) is 7.16. The maximum absolute atomic E-state index is 13.4. The van der Waals surface area contributed by atoms with Crippen LogP contribution in [0.1, 0.15) is 19.4 Å². The van der Waals surface area contributed by atoms with Gasteiger partial charge in [0.05, 0.1) is 19.4 Å². The summed E-state index contributed by atoms with van der Waals surface area (Å²) in [7, 11) is -3.53. The molecular weight excluding hydrogens is 268 g/mol. The number of halogens is 3. The van der Waals surface area contributed by atoms with Crippen LogP contribution in [0.5, 0.6) is 0 Å². The van der Waals surface area contributed by atoms with Gasteiger partial charge in [-0.05, 0) is 19.9 Å². The molecule has 0 aliphatic rings. The molecule has 0 aliphatic heterocycles. The van der Waals surface area contributed by atoms with E-state index in [1.807, 2.05) is 0 Å². The van der Waals surface area contributed by atoms with Crippen LogP contribution in [0.15, 0.2) is 12.1 Å². The fraction of sp³-hybridized carbons (Fsp3) is 0.455. The Kier molecular flexibility index (Phi) is 5.38. The topological polar surface area (TPSA) is 35.5 Å². The fourth-order valence-corrected chi connectivity index (χ4v) is 3.12. The van der Waals surface area contributed by atoms with Crippen molar-refractivity contribution in [2.24, 2.45) is 0 Å². The number of hydrogen-bond acceptors (Lipinski definition) is 3. The average Bonchev–Trinajstić information content (AvgIpc) is 2.26. The third-order valence-corrected chi connectivity index (χ3v) is 4.14. The van der Waals surface area contributed by atoms with Crippen LogP contribution in [0.25, 0.3) is 0 Å². The summed E-state index contributed by atoms with van der Waals surface area (Å²) in [5, 5.41) is 0. The molecule has 0 saturated heterocycles. The van der Waals surface area contributed by atoms with Crippen molar-refractivity contribution in [2.75, 3.05) is 13.2 Å². The molecule has 0 heterocycles. The van der Waals surface area contributed by atoms with E-state index in [0.29, 0.717) is 12.1 Å². The van der Waals surface area contributed by atoms with Gasteiger partial charge in [0.15, 0.2) is 11.6 Å². The van der Waals surface area contributed by atoms with Gasteiger partial charge < -0.3 is 9.05 Å². The minimum Gasteiger partial charge on any atom is -0.309 e. The molecular formula is C11H14F3O3P. The summed E-state index contributed by atoms with van der Waals surface area (Å²) in [6, 6.07) is 1.07. The fourth-order valence-electron chi connectivity index (χ4n) is 1.42. The Labute approximate surface area is 103 Å². The Morgan fingerprint density at radius 2 is 1.50 bits per heavy atom. The molecule has 102 valence electrons. The van der Waals surface area contributed by atoms with Crippen LogP contribution < -0.4 is 0 Å². The SMILES string of the molecule is CCOP(=O)(Cc1cc(F)c(F)cc1F)OCC. The highest BCUT2D eigenvalue weighted by molar-refractivity contribution is 7.53. The smallest absolute Gasteiger partial charge is 0.309 e. The van der Waals surface area contributed by atoms with E-state index >= 15 is 0 Å². The molecule has 0 spiro atoms. The lowest BCUT2D eigenvalue weighted by Crippen LogP contribution is -2.02.